The normalized spacial score (nSPS) is 34.3. The minimum absolute atomic E-state index is 0.0238. The third kappa shape index (κ3) is 2.13. The predicted octanol–water partition coefficient (Wildman–Crippen LogP) is 1.30. The molecule has 4 heteroatoms. The Hall–Kier alpha value is -1.06. The second kappa shape index (κ2) is 3.83. The van der Waals surface area contributed by atoms with Crippen LogP contribution in [0, 0.1) is 23.7 Å². The summed E-state index contributed by atoms with van der Waals surface area (Å²) in [5.41, 5.74) is 0. The van der Waals surface area contributed by atoms with E-state index in [2.05, 4.69) is 4.74 Å². The van der Waals surface area contributed by atoms with Gasteiger partial charge in [0.25, 0.3) is 0 Å². The smallest absolute Gasteiger partial charge is 0.307 e. The van der Waals surface area contributed by atoms with Gasteiger partial charge in [0.2, 0.25) is 0 Å². The molecule has 0 aromatic rings. The molecule has 2 aliphatic carbocycles. The van der Waals surface area contributed by atoms with Gasteiger partial charge in [0.15, 0.2) is 0 Å². The van der Waals surface area contributed by atoms with Crippen molar-refractivity contribution in [3.8, 4) is 0 Å². The van der Waals surface area contributed by atoms with Crippen LogP contribution in [0.1, 0.15) is 25.7 Å². The minimum Gasteiger partial charge on any atom is -0.481 e. The second-order valence-corrected chi connectivity index (χ2v) is 4.71. The van der Waals surface area contributed by atoms with E-state index in [1.54, 1.807) is 0 Å². The number of methoxy groups -OCH3 is 1. The van der Waals surface area contributed by atoms with Crippen LogP contribution < -0.4 is 0 Å². The van der Waals surface area contributed by atoms with Gasteiger partial charge in [-0.3, -0.25) is 9.59 Å². The van der Waals surface area contributed by atoms with E-state index in [1.807, 2.05) is 0 Å². The van der Waals surface area contributed by atoms with Crippen molar-refractivity contribution >= 4 is 11.9 Å². The molecule has 0 aromatic carbocycles. The molecule has 84 valence electrons. The summed E-state index contributed by atoms with van der Waals surface area (Å²) in [7, 11) is 1.30. The van der Waals surface area contributed by atoms with E-state index < -0.39 is 17.9 Å². The lowest BCUT2D eigenvalue weighted by molar-refractivity contribution is -0.151. The molecule has 0 radical (unpaired) electrons. The molecule has 4 atom stereocenters. The van der Waals surface area contributed by atoms with Crippen LogP contribution in [0.4, 0.5) is 0 Å². The van der Waals surface area contributed by atoms with Gasteiger partial charge in [0.1, 0.15) is 0 Å². The lowest BCUT2D eigenvalue weighted by atomic mass is 9.86. The number of esters is 1. The molecule has 2 rings (SSSR count). The average molecular weight is 212 g/mol. The maximum absolute atomic E-state index is 11.1. The van der Waals surface area contributed by atoms with E-state index in [0.29, 0.717) is 0 Å². The van der Waals surface area contributed by atoms with Gasteiger partial charge in [0.05, 0.1) is 19.4 Å². The van der Waals surface area contributed by atoms with Crippen LogP contribution in [0.3, 0.4) is 0 Å². The number of rotatable bonds is 4. The lowest BCUT2D eigenvalue weighted by Gasteiger charge is -2.19. The zero-order valence-corrected chi connectivity index (χ0v) is 8.81. The highest BCUT2D eigenvalue weighted by atomic mass is 16.5. The zero-order valence-electron chi connectivity index (χ0n) is 8.81. The average Bonchev–Trinajstić information content (AvgIpc) is 2.81. The van der Waals surface area contributed by atoms with E-state index in [-0.39, 0.29) is 12.3 Å². The first-order chi connectivity index (χ1) is 7.11. The highest BCUT2D eigenvalue weighted by Crippen LogP contribution is 2.56. The van der Waals surface area contributed by atoms with Crippen molar-refractivity contribution in [1.29, 1.82) is 0 Å². The molecule has 15 heavy (non-hydrogen) atoms. The van der Waals surface area contributed by atoms with E-state index in [0.717, 1.165) is 24.7 Å². The first-order valence-electron chi connectivity index (χ1n) is 5.41. The maximum atomic E-state index is 11.1. The molecule has 2 fully saturated rings. The molecule has 2 saturated carbocycles. The van der Waals surface area contributed by atoms with Crippen LogP contribution in [0.25, 0.3) is 0 Å². The summed E-state index contributed by atoms with van der Waals surface area (Å²) in [5, 5.41) is 9.07. The number of hydrogen-bond acceptors (Lipinski definition) is 3. The summed E-state index contributed by atoms with van der Waals surface area (Å²) in [5.74, 6) is -0.130. The largest absolute Gasteiger partial charge is 0.481 e. The Morgan fingerprint density at radius 1 is 1.33 bits per heavy atom. The van der Waals surface area contributed by atoms with Crippen LogP contribution in [0.5, 0.6) is 0 Å². The van der Waals surface area contributed by atoms with Crippen molar-refractivity contribution < 1.29 is 19.4 Å². The van der Waals surface area contributed by atoms with Crippen molar-refractivity contribution in [1.82, 2.24) is 0 Å². The van der Waals surface area contributed by atoms with Gasteiger partial charge in [-0.2, -0.15) is 0 Å². The fraction of sp³-hybridized carbons (Fsp3) is 0.818. The van der Waals surface area contributed by atoms with Crippen LogP contribution in [0.15, 0.2) is 0 Å². The van der Waals surface area contributed by atoms with Gasteiger partial charge in [-0.15, -0.1) is 0 Å². The number of carbonyl (C=O) groups excluding carboxylic acids is 1. The maximum Gasteiger partial charge on any atom is 0.307 e. The van der Waals surface area contributed by atoms with E-state index in [1.165, 1.54) is 13.5 Å². The van der Waals surface area contributed by atoms with Gasteiger partial charge in [0, 0.05) is 0 Å². The molecular formula is C11H16O4. The molecule has 4 nitrogen and oxygen atoms in total. The second-order valence-electron chi connectivity index (χ2n) is 4.71. The molecule has 0 aliphatic heterocycles. The molecule has 1 N–H and O–H groups in total. The lowest BCUT2D eigenvalue weighted by Crippen LogP contribution is -2.26. The van der Waals surface area contributed by atoms with Crippen molar-refractivity contribution in [2.45, 2.75) is 25.7 Å². The van der Waals surface area contributed by atoms with Gasteiger partial charge in [-0.05, 0) is 37.0 Å². The molecule has 0 amide bonds. The minimum atomic E-state index is -0.855. The number of aliphatic carboxylic acids is 1. The topological polar surface area (TPSA) is 63.6 Å². The fourth-order valence-corrected chi connectivity index (χ4v) is 2.81. The monoisotopic (exact) mass is 212 g/mol. The molecule has 2 aliphatic rings. The molecule has 0 aromatic heterocycles. The number of carboxylic acid groups (broad SMARTS) is 1. The molecule has 0 bridgehead atoms. The van der Waals surface area contributed by atoms with Gasteiger partial charge in [-0.25, -0.2) is 0 Å². The highest BCUT2D eigenvalue weighted by molar-refractivity contribution is 5.79. The first-order valence-corrected chi connectivity index (χ1v) is 5.41. The number of carboxylic acids is 1. The van der Waals surface area contributed by atoms with Gasteiger partial charge in [-0.1, -0.05) is 0 Å². The number of fused-ring (bicyclic) bond motifs is 1. The third-order valence-corrected chi connectivity index (χ3v) is 3.78. The molecular weight excluding hydrogens is 196 g/mol. The van der Waals surface area contributed by atoms with E-state index >= 15 is 0 Å². The Bertz CT molecular complexity index is 276. The molecule has 0 spiro atoms. The highest BCUT2D eigenvalue weighted by Gasteiger charge is 2.49. The van der Waals surface area contributed by atoms with Crippen molar-refractivity contribution in [3.63, 3.8) is 0 Å². The summed E-state index contributed by atoms with van der Waals surface area (Å²) >= 11 is 0. The Morgan fingerprint density at radius 2 is 1.93 bits per heavy atom. The van der Waals surface area contributed by atoms with Crippen molar-refractivity contribution in [2.24, 2.45) is 23.7 Å². The first kappa shape index (κ1) is 10.5. The van der Waals surface area contributed by atoms with E-state index in [9.17, 15) is 9.59 Å². The van der Waals surface area contributed by atoms with Gasteiger partial charge >= 0.3 is 11.9 Å². The number of ether oxygens (including phenoxy) is 1. The number of hydrogen-bond donors (Lipinski definition) is 1. The summed E-state index contributed by atoms with van der Waals surface area (Å²) in [6, 6.07) is 0. The Labute approximate surface area is 88.6 Å². The Kier molecular flexibility index (Phi) is 2.67. The Balaban J connectivity index is 1.93. The zero-order chi connectivity index (χ0) is 11.0. The molecule has 0 heterocycles. The SMILES string of the molecule is COC(=O)CC(C(=O)O)C1C[C@@H]2C[C@@H]2C1. The van der Waals surface area contributed by atoms with Crippen molar-refractivity contribution in [3.05, 3.63) is 0 Å². The van der Waals surface area contributed by atoms with Crippen molar-refractivity contribution in [2.75, 3.05) is 7.11 Å². The van der Waals surface area contributed by atoms with Crippen LogP contribution in [0.2, 0.25) is 0 Å². The summed E-state index contributed by atoms with van der Waals surface area (Å²) in [4.78, 5) is 22.1. The Morgan fingerprint density at radius 3 is 2.40 bits per heavy atom. The summed E-state index contributed by atoms with van der Waals surface area (Å²) in [6.45, 7) is 0. The van der Waals surface area contributed by atoms with E-state index in [4.69, 9.17) is 5.11 Å². The van der Waals surface area contributed by atoms with Crippen LogP contribution >= 0.6 is 0 Å². The quantitative estimate of drug-likeness (QED) is 0.713. The number of carbonyl (C=O) groups is 2. The van der Waals surface area contributed by atoms with Gasteiger partial charge < -0.3 is 9.84 Å². The predicted molar refractivity (Wildman–Crippen MR) is 52.1 cm³/mol. The summed E-state index contributed by atoms with van der Waals surface area (Å²) in [6.07, 6.45) is 3.26. The van der Waals surface area contributed by atoms with Crippen LogP contribution in [-0.4, -0.2) is 24.2 Å². The molecule has 0 saturated heterocycles. The molecule has 2 unspecified atom stereocenters. The summed E-state index contributed by atoms with van der Waals surface area (Å²) < 4.78 is 4.53. The third-order valence-electron chi connectivity index (χ3n) is 3.78. The van der Waals surface area contributed by atoms with Crippen LogP contribution in [-0.2, 0) is 14.3 Å². The standard InChI is InChI=1S/C11H16O4/c1-15-10(12)5-9(11(13)14)8-3-6-2-7(6)4-8/h6-9H,2-5H2,1H3,(H,13,14)/t6-,7+,8?,9?. The fourth-order valence-electron chi connectivity index (χ4n) is 2.81.